The van der Waals surface area contributed by atoms with Gasteiger partial charge < -0.3 is 14.9 Å². The van der Waals surface area contributed by atoms with Crippen molar-refractivity contribution in [2.45, 2.75) is 75.7 Å². The highest BCUT2D eigenvalue weighted by Gasteiger charge is 2.56. The van der Waals surface area contributed by atoms with E-state index in [0.717, 1.165) is 24.8 Å². The van der Waals surface area contributed by atoms with Crippen molar-refractivity contribution in [2.24, 2.45) is 16.2 Å². The van der Waals surface area contributed by atoms with Gasteiger partial charge in [0.25, 0.3) is 0 Å². The molecule has 27 heavy (non-hydrogen) atoms. The molecule has 1 aliphatic heterocycles. The van der Waals surface area contributed by atoms with Crippen LogP contribution in [0.1, 0.15) is 45.6 Å². The van der Waals surface area contributed by atoms with Gasteiger partial charge in [-0.25, -0.2) is 8.57 Å². The van der Waals surface area contributed by atoms with Gasteiger partial charge in [0.2, 0.25) is 0 Å². The molecule has 2 fully saturated rings. The third-order valence-electron chi connectivity index (χ3n) is 6.20. The maximum absolute atomic E-state index is 14.2. The Morgan fingerprint density at radius 1 is 1.33 bits per heavy atom. The molecule has 0 amide bonds. The van der Waals surface area contributed by atoms with Crippen molar-refractivity contribution >= 4 is 9.73 Å². The molecule has 5 nitrogen and oxygen atoms in total. The van der Waals surface area contributed by atoms with Crippen molar-refractivity contribution < 1.29 is 19.2 Å². The summed E-state index contributed by atoms with van der Waals surface area (Å²) in [5.74, 6) is 0.367. The van der Waals surface area contributed by atoms with Crippen molar-refractivity contribution in [1.82, 2.24) is 0 Å². The van der Waals surface area contributed by atoms with Crippen LogP contribution in [0, 0.1) is 18.8 Å². The number of hydrogen-bond donors (Lipinski definition) is 2. The molecule has 2 aliphatic rings. The van der Waals surface area contributed by atoms with E-state index in [2.05, 4.69) is 0 Å². The monoisotopic (exact) mass is 395 g/mol. The maximum atomic E-state index is 14.2. The van der Waals surface area contributed by atoms with Crippen LogP contribution < -0.4 is 0 Å². The number of rotatable bonds is 6. The summed E-state index contributed by atoms with van der Waals surface area (Å²) in [4.78, 5) is 0.685. The quantitative estimate of drug-likeness (QED) is 0.775. The van der Waals surface area contributed by atoms with Crippen LogP contribution in [-0.2, 0) is 14.5 Å². The van der Waals surface area contributed by atoms with Crippen molar-refractivity contribution in [3.63, 3.8) is 0 Å². The molecule has 1 unspecified atom stereocenters. The fourth-order valence-corrected chi connectivity index (χ4v) is 7.29. The van der Waals surface area contributed by atoms with Crippen LogP contribution in [-0.4, -0.2) is 50.6 Å². The summed E-state index contributed by atoms with van der Waals surface area (Å²) in [5.41, 5.74) is 0.502. The van der Waals surface area contributed by atoms with Crippen LogP contribution in [0.4, 0.5) is 0 Å². The average molecular weight is 396 g/mol. The van der Waals surface area contributed by atoms with Crippen LogP contribution >= 0.6 is 0 Å². The highest BCUT2D eigenvalue weighted by atomic mass is 32.2. The lowest BCUT2D eigenvalue weighted by atomic mass is 9.90. The highest BCUT2D eigenvalue weighted by molar-refractivity contribution is 7.93. The van der Waals surface area contributed by atoms with Crippen LogP contribution in [0.5, 0.6) is 0 Å². The molecule has 0 aromatic heterocycles. The Morgan fingerprint density at radius 3 is 2.59 bits per heavy atom. The second-order valence-electron chi connectivity index (χ2n) is 8.57. The van der Waals surface area contributed by atoms with Gasteiger partial charge >= 0.3 is 0 Å². The van der Waals surface area contributed by atoms with Gasteiger partial charge in [0.05, 0.1) is 45.9 Å². The molecule has 1 aromatic carbocycles. The van der Waals surface area contributed by atoms with Gasteiger partial charge in [-0.1, -0.05) is 38.0 Å². The van der Waals surface area contributed by atoms with Crippen LogP contribution in [0.3, 0.4) is 0 Å². The zero-order valence-electron chi connectivity index (χ0n) is 16.8. The molecule has 6 heteroatoms. The van der Waals surface area contributed by atoms with E-state index in [-0.39, 0.29) is 36.3 Å². The van der Waals surface area contributed by atoms with Crippen molar-refractivity contribution in [1.29, 1.82) is 0 Å². The Balaban J connectivity index is 2.07. The largest absolute Gasteiger partial charge is 0.394 e. The van der Waals surface area contributed by atoms with E-state index in [1.807, 2.05) is 52.0 Å². The fraction of sp³-hybridized carbons (Fsp3) is 0.714. The highest BCUT2D eigenvalue weighted by Crippen LogP contribution is 2.49. The molecule has 1 saturated heterocycles. The summed E-state index contributed by atoms with van der Waals surface area (Å²) in [6, 6.07) is 7.27. The summed E-state index contributed by atoms with van der Waals surface area (Å²) < 4.78 is 25.2. The van der Waals surface area contributed by atoms with E-state index in [0.29, 0.717) is 4.90 Å². The zero-order chi connectivity index (χ0) is 19.8. The minimum atomic E-state index is -2.81. The van der Waals surface area contributed by atoms with Crippen molar-refractivity contribution in [3.05, 3.63) is 29.8 Å². The lowest BCUT2D eigenvalue weighted by Crippen LogP contribution is -2.41. The molecule has 0 radical (unpaired) electrons. The molecule has 0 spiro atoms. The van der Waals surface area contributed by atoms with E-state index in [9.17, 15) is 14.4 Å². The van der Waals surface area contributed by atoms with Gasteiger partial charge in [0.1, 0.15) is 0 Å². The van der Waals surface area contributed by atoms with E-state index >= 15 is 0 Å². The SMILES string of the molecule is Cc1ccc(S(=O)(C[C@]23CCC[C@H]2[C@@H](O)[C@H](C)O3)=N[C@@H](CO)C(C)C)cc1. The number of aliphatic hydroxyl groups excluding tert-OH is 2. The Morgan fingerprint density at radius 2 is 2.00 bits per heavy atom. The number of benzene rings is 1. The van der Waals surface area contributed by atoms with Gasteiger partial charge in [-0.2, -0.15) is 0 Å². The Labute approximate surface area is 163 Å². The summed E-state index contributed by atoms with van der Waals surface area (Å²) >= 11 is 0. The minimum absolute atomic E-state index is 0.000555. The number of fused-ring (bicyclic) bond motifs is 1. The number of hydrogen-bond acceptors (Lipinski definition) is 5. The average Bonchev–Trinajstić information content (AvgIpc) is 3.10. The molecule has 3 rings (SSSR count). The molecule has 6 atom stereocenters. The second kappa shape index (κ2) is 7.82. The van der Waals surface area contributed by atoms with E-state index in [1.165, 1.54) is 0 Å². The lowest BCUT2D eigenvalue weighted by Gasteiger charge is -2.31. The molecular formula is C21H33NO4S. The first-order valence-corrected chi connectivity index (χ1v) is 11.7. The molecule has 2 N–H and O–H groups in total. The molecule has 1 heterocycles. The third kappa shape index (κ3) is 3.95. The Bertz CT molecular complexity index is 769. The normalized spacial score (nSPS) is 33.7. The van der Waals surface area contributed by atoms with Crippen LogP contribution in [0.2, 0.25) is 0 Å². The number of ether oxygens (including phenoxy) is 1. The summed E-state index contributed by atoms with van der Waals surface area (Å²) in [6.07, 6.45) is 1.88. The van der Waals surface area contributed by atoms with Gasteiger partial charge in [-0.05, 0) is 44.7 Å². The van der Waals surface area contributed by atoms with E-state index in [4.69, 9.17) is 9.10 Å². The Hall–Kier alpha value is -0.950. The van der Waals surface area contributed by atoms with E-state index < -0.39 is 21.4 Å². The summed E-state index contributed by atoms with van der Waals surface area (Å²) in [5, 5.41) is 20.4. The predicted molar refractivity (Wildman–Crippen MR) is 107 cm³/mol. The van der Waals surface area contributed by atoms with Gasteiger partial charge in [0, 0.05) is 10.8 Å². The first kappa shape index (κ1) is 20.8. The first-order chi connectivity index (χ1) is 12.7. The molecule has 1 aromatic rings. The summed E-state index contributed by atoms with van der Waals surface area (Å²) in [6.45, 7) is 7.72. The first-order valence-electron chi connectivity index (χ1n) is 9.98. The van der Waals surface area contributed by atoms with Crippen molar-refractivity contribution in [3.8, 4) is 0 Å². The predicted octanol–water partition coefficient (Wildman–Crippen LogP) is 3.16. The van der Waals surface area contributed by atoms with Crippen LogP contribution in [0.15, 0.2) is 33.5 Å². The second-order valence-corrected chi connectivity index (χ2v) is 10.8. The molecule has 152 valence electrons. The maximum Gasteiger partial charge on any atom is 0.0868 e. The number of aliphatic hydroxyl groups is 2. The Kier molecular flexibility index (Phi) is 6.02. The smallest absolute Gasteiger partial charge is 0.0868 e. The number of nitrogens with zero attached hydrogens (tertiary/aromatic N) is 1. The lowest BCUT2D eigenvalue weighted by molar-refractivity contribution is -0.0335. The molecule has 0 bridgehead atoms. The third-order valence-corrected chi connectivity index (χ3v) is 8.70. The minimum Gasteiger partial charge on any atom is -0.394 e. The standard InChI is InChI=1S/C21H33NO4S/c1-14(2)19(12-23)22-27(25,17-9-7-15(3)8-10-17)13-21-11-5-6-18(21)20(24)16(4)26-21/h7-10,14,16,18-20,23-24H,5-6,11-13H2,1-4H3/t16-,18-,19-,20-,21+,27?/m0/s1. The van der Waals surface area contributed by atoms with Gasteiger partial charge in [-0.15, -0.1) is 0 Å². The van der Waals surface area contributed by atoms with Gasteiger partial charge in [0.15, 0.2) is 0 Å². The van der Waals surface area contributed by atoms with Gasteiger partial charge in [-0.3, -0.25) is 0 Å². The fourth-order valence-electron chi connectivity index (χ4n) is 4.53. The van der Waals surface area contributed by atoms with E-state index in [1.54, 1.807) is 0 Å². The zero-order valence-corrected chi connectivity index (χ0v) is 17.6. The molecule has 1 aliphatic carbocycles. The van der Waals surface area contributed by atoms with Crippen molar-refractivity contribution in [2.75, 3.05) is 12.4 Å². The molecule has 1 saturated carbocycles. The topological polar surface area (TPSA) is 79.1 Å². The number of aryl methyl sites for hydroxylation is 1. The summed E-state index contributed by atoms with van der Waals surface area (Å²) in [7, 11) is -2.81. The van der Waals surface area contributed by atoms with Crippen LogP contribution in [0.25, 0.3) is 0 Å². The molecular weight excluding hydrogens is 362 g/mol.